The Morgan fingerprint density at radius 1 is 0.939 bits per heavy atom. The molecule has 0 spiro atoms. The number of ether oxygens (including phenoxy) is 1. The molecule has 2 aromatic rings. The number of fused-ring (bicyclic) bond motifs is 1. The molecule has 2 aliphatic rings. The Morgan fingerprint density at radius 2 is 1.67 bits per heavy atom. The summed E-state index contributed by atoms with van der Waals surface area (Å²) in [4.78, 5) is -0.175. The van der Waals surface area contributed by atoms with Crippen LogP contribution in [0.4, 0.5) is 13.2 Å². The number of aliphatic hydroxyl groups excluding tert-OH is 1. The first kappa shape index (κ1) is 24.0. The van der Waals surface area contributed by atoms with E-state index < -0.39 is 34.3 Å². The Balaban J connectivity index is 1.50. The van der Waals surface area contributed by atoms with Crippen molar-refractivity contribution in [3.63, 3.8) is 0 Å². The molecular weight excluding hydrogens is 455 g/mol. The summed E-state index contributed by atoms with van der Waals surface area (Å²) in [7, 11) is -4.02. The second-order valence-corrected chi connectivity index (χ2v) is 10.6. The molecule has 180 valence electrons. The van der Waals surface area contributed by atoms with E-state index in [2.05, 4.69) is 21.6 Å². The van der Waals surface area contributed by atoms with E-state index in [9.17, 15) is 26.7 Å². The van der Waals surface area contributed by atoms with Gasteiger partial charge in [0.25, 0.3) is 0 Å². The molecule has 5 nitrogen and oxygen atoms in total. The summed E-state index contributed by atoms with van der Waals surface area (Å²) in [6.07, 6.45) is 0.534. The highest BCUT2D eigenvalue weighted by atomic mass is 32.2. The van der Waals surface area contributed by atoms with Crippen molar-refractivity contribution in [1.82, 2.24) is 4.72 Å². The summed E-state index contributed by atoms with van der Waals surface area (Å²) >= 11 is 0. The van der Waals surface area contributed by atoms with Crippen LogP contribution in [0.2, 0.25) is 0 Å². The van der Waals surface area contributed by atoms with Gasteiger partial charge in [0.1, 0.15) is 5.75 Å². The van der Waals surface area contributed by atoms with Crippen LogP contribution >= 0.6 is 0 Å². The number of nitrogens with one attached hydrogen (secondary N) is 1. The van der Waals surface area contributed by atoms with Gasteiger partial charge in [-0.25, -0.2) is 13.1 Å². The lowest BCUT2D eigenvalue weighted by Gasteiger charge is -2.39. The highest BCUT2D eigenvalue weighted by molar-refractivity contribution is 7.89. The molecule has 4 atom stereocenters. The molecule has 33 heavy (non-hydrogen) atoms. The smallest absolute Gasteiger partial charge is 0.406 e. The lowest BCUT2D eigenvalue weighted by Crippen LogP contribution is -2.50. The SMILES string of the molecule is O=S(=O)(NC1CCCC(C2CCCCc3ccccc32)C1O)c1ccc(OC(F)(F)F)cc1. The van der Waals surface area contributed by atoms with E-state index in [0.717, 1.165) is 62.8 Å². The van der Waals surface area contributed by atoms with Crippen LogP contribution in [0.25, 0.3) is 0 Å². The van der Waals surface area contributed by atoms with Crippen LogP contribution < -0.4 is 9.46 Å². The molecule has 0 saturated heterocycles. The van der Waals surface area contributed by atoms with E-state index in [1.165, 1.54) is 11.1 Å². The van der Waals surface area contributed by atoms with Crippen molar-refractivity contribution in [3.05, 3.63) is 59.7 Å². The predicted molar refractivity (Wildman–Crippen MR) is 117 cm³/mol. The van der Waals surface area contributed by atoms with Gasteiger partial charge in [-0.3, -0.25) is 0 Å². The van der Waals surface area contributed by atoms with Gasteiger partial charge in [0.2, 0.25) is 10.0 Å². The number of alkyl halides is 3. The molecule has 1 saturated carbocycles. The molecule has 4 rings (SSSR count). The summed E-state index contributed by atoms with van der Waals surface area (Å²) in [5.74, 6) is -0.385. The lowest BCUT2D eigenvalue weighted by molar-refractivity contribution is -0.274. The predicted octanol–water partition coefficient (Wildman–Crippen LogP) is 4.90. The maximum atomic E-state index is 12.9. The molecule has 9 heteroatoms. The monoisotopic (exact) mass is 483 g/mol. The van der Waals surface area contributed by atoms with Gasteiger partial charge in [-0.1, -0.05) is 37.1 Å². The van der Waals surface area contributed by atoms with Crippen molar-refractivity contribution in [3.8, 4) is 5.75 Å². The molecule has 0 bridgehead atoms. The van der Waals surface area contributed by atoms with Gasteiger partial charge in [-0.05, 0) is 79.3 Å². The second-order valence-electron chi connectivity index (χ2n) is 8.88. The summed E-state index contributed by atoms with van der Waals surface area (Å²) in [6.45, 7) is 0. The van der Waals surface area contributed by atoms with Crippen LogP contribution in [0.5, 0.6) is 5.75 Å². The summed E-state index contributed by atoms with van der Waals surface area (Å²) in [5.41, 5.74) is 2.55. The third kappa shape index (κ3) is 5.70. The standard InChI is InChI=1S/C24H28F3NO4S/c25-24(26,27)32-17-12-14-18(15-13-17)33(30,31)28-22-11-5-10-21(23(22)29)20-9-4-2-7-16-6-1-3-8-19(16)20/h1,3,6,8,12-15,20-23,28-29H,2,4-5,7,9-11H2. The van der Waals surface area contributed by atoms with Crippen LogP contribution in [0.3, 0.4) is 0 Å². The normalized spacial score (nSPS) is 26.3. The molecule has 2 N–H and O–H groups in total. The van der Waals surface area contributed by atoms with Crippen LogP contribution in [-0.2, 0) is 16.4 Å². The minimum atomic E-state index is -4.85. The van der Waals surface area contributed by atoms with Gasteiger partial charge in [-0.2, -0.15) is 0 Å². The summed E-state index contributed by atoms with van der Waals surface area (Å²) in [6, 6.07) is 11.7. The molecule has 0 amide bonds. The number of aliphatic hydroxyl groups is 1. The third-order valence-corrected chi connectivity index (χ3v) is 8.27. The summed E-state index contributed by atoms with van der Waals surface area (Å²) in [5, 5.41) is 11.2. The number of hydrogen-bond acceptors (Lipinski definition) is 4. The molecule has 1 fully saturated rings. The number of halogens is 3. The maximum Gasteiger partial charge on any atom is 0.573 e. The maximum absolute atomic E-state index is 12.9. The van der Waals surface area contributed by atoms with Gasteiger partial charge in [-0.15, -0.1) is 13.2 Å². The Hall–Kier alpha value is -2.10. The first-order valence-corrected chi connectivity index (χ1v) is 12.8. The molecule has 0 heterocycles. The van der Waals surface area contributed by atoms with Crippen LogP contribution in [0, 0.1) is 5.92 Å². The Bertz CT molecular complexity index is 1060. The average Bonchev–Trinajstić information content (AvgIpc) is 2.97. The number of sulfonamides is 1. The Labute approximate surface area is 192 Å². The zero-order valence-corrected chi connectivity index (χ0v) is 18.9. The molecule has 4 unspecified atom stereocenters. The van der Waals surface area contributed by atoms with Crippen molar-refractivity contribution in [2.75, 3.05) is 0 Å². The van der Waals surface area contributed by atoms with Gasteiger partial charge in [0, 0.05) is 6.04 Å². The molecular formula is C24H28F3NO4S. The Morgan fingerprint density at radius 3 is 2.39 bits per heavy atom. The van der Waals surface area contributed by atoms with Crippen molar-refractivity contribution in [1.29, 1.82) is 0 Å². The zero-order valence-electron chi connectivity index (χ0n) is 18.1. The van der Waals surface area contributed by atoms with Gasteiger partial charge in [0.05, 0.1) is 11.0 Å². The third-order valence-electron chi connectivity index (χ3n) is 6.76. The van der Waals surface area contributed by atoms with E-state index in [4.69, 9.17) is 0 Å². The van der Waals surface area contributed by atoms with Crippen LogP contribution in [0.15, 0.2) is 53.4 Å². The first-order valence-electron chi connectivity index (χ1n) is 11.3. The lowest BCUT2D eigenvalue weighted by atomic mass is 9.71. The minimum Gasteiger partial charge on any atom is -0.406 e. The van der Waals surface area contributed by atoms with E-state index in [-0.39, 0.29) is 16.7 Å². The molecule has 0 aliphatic heterocycles. The molecule has 0 aromatic heterocycles. The number of rotatable bonds is 5. The highest BCUT2D eigenvalue weighted by Gasteiger charge is 2.40. The van der Waals surface area contributed by atoms with Crippen molar-refractivity contribution >= 4 is 10.0 Å². The Kier molecular flexibility index (Phi) is 7.02. The van der Waals surface area contributed by atoms with Crippen molar-refractivity contribution in [2.45, 2.75) is 74.3 Å². The van der Waals surface area contributed by atoms with Gasteiger partial charge >= 0.3 is 6.36 Å². The zero-order chi connectivity index (χ0) is 23.6. The van der Waals surface area contributed by atoms with Crippen LogP contribution in [0.1, 0.15) is 55.6 Å². The highest BCUT2D eigenvalue weighted by Crippen LogP contribution is 2.42. The fraction of sp³-hybridized carbons (Fsp3) is 0.500. The second kappa shape index (κ2) is 9.64. The fourth-order valence-corrected chi connectivity index (χ4v) is 6.56. The van der Waals surface area contributed by atoms with Crippen LogP contribution in [-0.4, -0.2) is 32.0 Å². The van der Waals surface area contributed by atoms with E-state index in [0.29, 0.717) is 6.42 Å². The molecule has 2 aliphatic carbocycles. The average molecular weight is 484 g/mol. The molecule has 0 radical (unpaired) electrons. The van der Waals surface area contributed by atoms with E-state index >= 15 is 0 Å². The molecule has 2 aromatic carbocycles. The number of hydrogen-bond donors (Lipinski definition) is 2. The van der Waals surface area contributed by atoms with Crippen molar-refractivity contribution in [2.24, 2.45) is 5.92 Å². The minimum absolute atomic E-state index is 0.0618. The van der Waals surface area contributed by atoms with Gasteiger partial charge < -0.3 is 9.84 Å². The summed E-state index contributed by atoms with van der Waals surface area (Å²) < 4.78 is 69.3. The van der Waals surface area contributed by atoms with E-state index in [1.54, 1.807) is 0 Å². The van der Waals surface area contributed by atoms with E-state index in [1.807, 2.05) is 12.1 Å². The number of aryl methyl sites for hydroxylation is 1. The van der Waals surface area contributed by atoms with Crippen molar-refractivity contribution < 1.29 is 31.4 Å². The first-order chi connectivity index (χ1) is 15.6. The number of benzene rings is 2. The fourth-order valence-electron chi connectivity index (χ4n) is 5.27. The largest absolute Gasteiger partial charge is 0.573 e. The van der Waals surface area contributed by atoms with Gasteiger partial charge in [0.15, 0.2) is 0 Å². The quantitative estimate of drug-likeness (QED) is 0.593. The topological polar surface area (TPSA) is 75.6 Å².